The molecule has 0 unspecified atom stereocenters. The smallest absolute Gasteiger partial charge is 0.174 e. The van der Waals surface area contributed by atoms with Gasteiger partial charge in [-0.25, -0.2) is 0 Å². The molecular weight excluding hydrogens is 448 g/mol. The van der Waals surface area contributed by atoms with Crippen LogP contribution in [0.2, 0.25) is 5.02 Å². The van der Waals surface area contributed by atoms with E-state index in [2.05, 4.69) is 38.4 Å². The van der Waals surface area contributed by atoms with Crippen molar-refractivity contribution in [2.75, 3.05) is 12.4 Å². The number of anilines is 1. The van der Waals surface area contributed by atoms with Gasteiger partial charge in [-0.1, -0.05) is 29.8 Å². The van der Waals surface area contributed by atoms with E-state index in [0.717, 1.165) is 27.3 Å². The third kappa shape index (κ3) is 4.88. The number of benzene rings is 1. The molecule has 0 atom stereocenters. The van der Waals surface area contributed by atoms with Gasteiger partial charge in [-0.3, -0.25) is 9.36 Å². The monoisotopic (exact) mass is 466 g/mol. The molecule has 0 aliphatic carbocycles. The molecule has 9 heteroatoms. The van der Waals surface area contributed by atoms with E-state index in [1.165, 1.54) is 0 Å². The zero-order valence-corrected chi connectivity index (χ0v) is 18.2. The lowest BCUT2D eigenvalue weighted by atomic mass is 10.2. The quantitative estimate of drug-likeness (QED) is 0.545. The maximum atomic E-state index is 6.24. The van der Waals surface area contributed by atoms with Gasteiger partial charge in [0.05, 0.1) is 23.3 Å². The molecule has 0 aliphatic heterocycles. The van der Waals surface area contributed by atoms with Crippen molar-refractivity contribution in [1.29, 1.82) is 0 Å². The number of hydrogen-bond donors (Lipinski definition) is 1. The standard InChI is InChI=1S/C18H20BrClN6S/c1-3-26-14(8-9-21-26)11-24(2)18(27)22-17-15(19)12-25(23-17)10-13-6-4-5-7-16(13)20/h4-9,12H,3,10-11H2,1-2H3,(H,22,23,27). The molecule has 6 nitrogen and oxygen atoms in total. The van der Waals surface area contributed by atoms with Crippen molar-refractivity contribution in [3.05, 3.63) is 63.5 Å². The van der Waals surface area contributed by atoms with E-state index in [4.69, 9.17) is 23.8 Å². The molecular formula is C18H20BrClN6S. The van der Waals surface area contributed by atoms with Gasteiger partial charge in [0.1, 0.15) is 0 Å². The number of rotatable bonds is 6. The average molecular weight is 468 g/mol. The van der Waals surface area contributed by atoms with Crippen LogP contribution in [0.5, 0.6) is 0 Å². The van der Waals surface area contributed by atoms with Gasteiger partial charge in [0.25, 0.3) is 0 Å². The largest absolute Gasteiger partial charge is 0.346 e. The maximum absolute atomic E-state index is 6.24. The van der Waals surface area contributed by atoms with E-state index >= 15 is 0 Å². The summed E-state index contributed by atoms with van der Waals surface area (Å²) < 4.78 is 4.61. The zero-order chi connectivity index (χ0) is 19.4. The molecule has 0 saturated heterocycles. The van der Waals surface area contributed by atoms with E-state index in [9.17, 15) is 0 Å². The normalized spacial score (nSPS) is 10.8. The summed E-state index contributed by atoms with van der Waals surface area (Å²) >= 11 is 15.3. The van der Waals surface area contributed by atoms with E-state index < -0.39 is 0 Å². The molecule has 0 radical (unpaired) electrons. The van der Waals surface area contributed by atoms with Gasteiger partial charge in [0.2, 0.25) is 0 Å². The van der Waals surface area contributed by atoms with Crippen molar-refractivity contribution >= 4 is 50.7 Å². The number of nitrogens with one attached hydrogen (secondary N) is 1. The molecule has 27 heavy (non-hydrogen) atoms. The van der Waals surface area contributed by atoms with Crippen molar-refractivity contribution in [2.45, 2.75) is 26.6 Å². The summed E-state index contributed by atoms with van der Waals surface area (Å²) in [6, 6.07) is 9.73. The predicted molar refractivity (Wildman–Crippen MR) is 116 cm³/mol. The van der Waals surface area contributed by atoms with Crippen molar-refractivity contribution in [2.24, 2.45) is 0 Å². The van der Waals surface area contributed by atoms with Gasteiger partial charge in [0, 0.05) is 31.0 Å². The Labute approximate surface area is 177 Å². The number of nitrogens with zero attached hydrogens (tertiary/aromatic N) is 5. The Bertz CT molecular complexity index is 938. The highest BCUT2D eigenvalue weighted by Crippen LogP contribution is 2.23. The van der Waals surface area contributed by atoms with Crippen LogP contribution in [0.15, 0.2) is 47.2 Å². The fraction of sp³-hybridized carbons (Fsp3) is 0.278. The Morgan fingerprint density at radius 2 is 2.11 bits per heavy atom. The van der Waals surface area contributed by atoms with Crippen LogP contribution in [0, 0.1) is 0 Å². The second-order valence-corrected chi connectivity index (χ2v) is 7.69. The molecule has 0 spiro atoms. The number of hydrogen-bond acceptors (Lipinski definition) is 3. The van der Waals surface area contributed by atoms with Crippen molar-refractivity contribution in [3.8, 4) is 0 Å². The van der Waals surface area contributed by atoms with Crippen LogP contribution in [0.25, 0.3) is 0 Å². The van der Waals surface area contributed by atoms with Crippen LogP contribution in [-0.4, -0.2) is 36.6 Å². The van der Waals surface area contributed by atoms with Crippen LogP contribution >= 0.6 is 39.7 Å². The summed E-state index contributed by atoms with van der Waals surface area (Å²) in [6.07, 6.45) is 3.70. The Morgan fingerprint density at radius 1 is 1.33 bits per heavy atom. The molecule has 3 aromatic rings. The van der Waals surface area contributed by atoms with Gasteiger partial charge in [-0.15, -0.1) is 0 Å². The fourth-order valence-corrected chi connectivity index (χ4v) is 3.43. The molecule has 2 aromatic heterocycles. The van der Waals surface area contributed by atoms with Gasteiger partial charge in [-0.2, -0.15) is 10.2 Å². The lowest BCUT2D eigenvalue weighted by molar-refractivity contribution is 0.471. The first-order valence-corrected chi connectivity index (χ1v) is 10.0. The molecule has 0 amide bonds. The Balaban J connectivity index is 1.66. The van der Waals surface area contributed by atoms with Crippen LogP contribution in [0.4, 0.5) is 5.82 Å². The van der Waals surface area contributed by atoms with E-state index in [1.807, 2.05) is 57.8 Å². The topological polar surface area (TPSA) is 50.9 Å². The van der Waals surface area contributed by atoms with E-state index in [-0.39, 0.29) is 0 Å². The minimum atomic E-state index is 0.582. The third-order valence-corrected chi connectivity index (χ3v) is 5.45. The summed E-state index contributed by atoms with van der Waals surface area (Å²) in [5.41, 5.74) is 2.11. The van der Waals surface area contributed by atoms with Crippen LogP contribution in [0.3, 0.4) is 0 Å². The van der Waals surface area contributed by atoms with Crippen molar-refractivity contribution < 1.29 is 0 Å². The fourth-order valence-electron chi connectivity index (χ4n) is 2.65. The number of thiocarbonyl (C=S) groups is 1. The number of aryl methyl sites for hydroxylation is 1. The summed E-state index contributed by atoms with van der Waals surface area (Å²) in [7, 11) is 1.94. The SMILES string of the molecule is CCn1nccc1CN(C)C(=S)Nc1nn(Cc2ccccc2Cl)cc1Br. The molecule has 1 N–H and O–H groups in total. The van der Waals surface area contributed by atoms with E-state index in [1.54, 1.807) is 6.20 Å². The van der Waals surface area contributed by atoms with Gasteiger partial charge < -0.3 is 10.2 Å². The molecule has 1 aromatic carbocycles. The molecule has 2 heterocycles. The lowest BCUT2D eigenvalue weighted by Crippen LogP contribution is -2.31. The predicted octanol–water partition coefficient (Wildman–Crippen LogP) is 4.39. The van der Waals surface area contributed by atoms with Crippen LogP contribution in [-0.2, 0) is 19.6 Å². The second-order valence-electron chi connectivity index (χ2n) is 6.04. The summed E-state index contributed by atoms with van der Waals surface area (Å²) in [5, 5.41) is 13.4. The summed E-state index contributed by atoms with van der Waals surface area (Å²) in [6.45, 7) is 4.14. The minimum absolute atomic E-state index is 0.582. The Kier molecular flexibility index (Phi) is 6.51. The van der Waals surface area contributed by atoms with Crippen LogP contribution in [0.1, 0.15) is 18.2 Å². The zero-order valence-electron chi connectivity index (χ0n) is 15.1. The van der Waals surface area contributed by atoms with Gasteiger partial charge >= 0.3 is 0 Å². The van der Waals surface area contributed by atoms with Crippen molar-refractivity contribution in [3.63, 3.8) is 0 Å². The average Bonchev–Trinajstić information content (AvgIpc) is 3.23. The second kappa shape index (κ2) is 8.86. The molecule has 3 rings (SSSR count). The molecule has 0 saturated carbocycles. The highest BCUT2D eigenvalue weighted by Gasteiger charge is 2.13. The molecule has 0 bridgehead atoms. The highest BCUT2D eigenvalue weighted by atomic mass is 79.9. The Hall–Kier alpha value is -1.90. The third-order valence-electron chi connectivity index (χ3n) is 4.08. The number of halogens is 2. The summed E-state index contributed by atoms with van der Waals surface area (Å²) in [5.74, 6) is 0.669. The van der Waals surface area contributed by atoms with Gasteiger partial charge in [0.15, 0.2) is 10.9 Å². The Morgan fingerprint density at radius 3 is 2.85 bits per heavy atom. The molecule has 0 aliphatic rings. The van der Waals surface area contributed by atoms with Gasteiger partial charge in [-0.05, 0) is 52.8 Å². The number of aromatic nitrogens is 4. The molecule has 142 valence electrons. The first-order valence-electron chi connectivity index (χ1n) is 8.47. The van der Waals surface area contributed by atoms with Crippen molar-refractivity contribution in [1.82, 2.24) is 24.5 Å². The highest BCUT2D eigenvalue weighted by molar-refractivity contribution is 9.10. The minimum Gasteiger partial charge on any atom is -0.346 e. The molecule has 0 fully saturated rings. The maximum Gasteiger partial charge on any atom is 0.174 e. The van der Waals surface area contributed by atoms with E-state index in [0.29, 0.717) is 24.0 Å². The lowest BCUT2D eigenvalue weighted by Gasteiger charge is -2.20. The van der Waals surface area contributed by atoms with Crippen LogP contribution < -0.4 is 5.32 Å². The summed E-state index contributed by atoms with van der Waals surface area (Å²) in [4.78, 5) is 1.96. The first kappa shape index (κ1) is 19.9. The first-order chi connectivity index (χ1) is 13.0.